The van der Waals surface area contributed by atoms with Gasteiger partial charge in [0, 0.05) is 23.6 Å². The molecule has 0 aromatic heterocycles. The molecule has 2 aliphatic carbocycles. The minimum atomic E-state index is -0.408. The van der Waals surface area contributed by atoms with Crippen LogP contribution in [0.4, 0.5) is 0 Å². The Bertz CT molecular complexity index is 514. The molecule has 2 rings (SSSR count). The summed E-state index contributed by atoms with van der Waals surface area (Å²) in [6.45, 7) is 4.36. The van der Waals surface area contributed by atoms with Gasteiger partial charge in [-0.2, -0.15) is 0 Å². The maximum absolute atomic E-state index is 12.9. The molecule has 0 spiro atoms. The molecule has 0 saturated heterocycles. The predicted octanol–water partition coefficient (Wildman–Crippen LogP) is 4.14. The van der Waals surface area contributed by atoms with E-state index in [0.29, 0.717) is 18.0 Å². The van der Waals surface area contributed by atoms with Crippen molar-refractivity contribution in [3.05, 3.63) is 40.1 Å². The van der Waals surface area contributed by atoms with E-state index in [2.05, 4.69) is 19.2 Å². The normalized spacial score (nSPS) is 20.7. The number of carbonyl (C=O) groups excluding carboxylic acids is 1. The largest absolute Gasteiger partial charge is 0.329 e. The first-order valence-corrected chi connectivity index (χ1v) is 8.64. The first-order chi connectivity index (χ1) is 10.9. The molecule has 1 fully saturated rings. The van der Waals surface area contributed by atoms with E-state index in [1.807, 2.05) is 6.42 Å². The smallest absolute Gasteiger partial charge is 0.267 e. The van der Waals surface area contributed by atoms with Gasteiger partial charge in [0.2, 0.25) is 5.91 Å². The summed E-state index contributed by atoms with van der Waals surface area (Å²) >= 11 is 0. The average Bonchev–Trinajstić information content (AvgIpc) is 2.54. The highest BCUT2D eigenvalue weighted by molar-refractivity contribution is 5.84. The minimum absolute atomic E-state index is 0.0462. The second kappa shape index (κ2) is 7.75. The zero-order valence-electron chi connectivity index (χ0n) is 14.1. The third kappa shape index (κ3) is 4.66. The summed E-state index contributed by atoms with van der Waals surface area (Å²) in [5.74, 6) is 0.621. The number of rotatable bonds is 6. The van der Waals surface area contributed by atoms with Crippen molar-refractivity contribution in [3.63, 3.8) is 0 Å². The van der Waals surface area contributed by atoms with Crippen molar-refractivity contribution in [2.45, 2.75) is 65.2 Å². The lowest BCUT2D eigenvalue weighted by Crippen LogP contribution is -2.42. The molecule has 5 heteroatoms. The lowest BCUT2D eigenvalue weighted by molar-refractivity contribution is -0.419. The van der Waals surface area contributed by atoms with Crippen LogP contribution in [0.15, 0.2) is 23.5 Å². The van der Waals surface area contributed by atoms with E-state index in [0.717, 1.165) is 38.5 Å². The van der Waals surface area contributed by atoms with Crippen molar-refractivity contribution in [2.75, 3.05) is 0 Å². The van der Waals surface area contributed by atoms with Crippen molar-refractivity contribution >= 4 is 5.91 Å². The lowest BCUT2D eigenvalue weighted by Gasteiger charge is -2.36. The molecule has 0 aliphatic heterocycles. The summed E-state index contributed by atoms with van der Waals surface area (Å²) in [4.78, 5) is 23.4. The zero-order valence-corrected chi connectivity index (χ0v) is 14.1. The van der Waals surface area contributed by atoms with E-state index in [4.69, 9.17) is 0 Å². The summed E-state index contributed by atoms with van der Waals surface area (Å²) < 4.78 is 0. The number of nitrogens with one attached hydrogen (secondary N) is 1. The molecular weight excluding hydrogens is 292 g/mol. The fraction of sp³-hybridized carbons (Fsp3) is 0.667. The first-order valence-electron chi connectivity index (χ1n) is 8.64. The van der Waals surface area contributed by atoms with Crippen LogP contribution in [0.5, 0.6) is 0 Å². The van der Waals surface area contributed by atoms with Crippen LogP contribution in [0.2, 0.25) is 0 Å². The summed E-state index contributed by atoms with van der Waals surface area (Å²) in [5.41, 5.74) is 0.328. The van der Waals surface area contributed by atoms with Gasteiger partial charge in [-0.15, -0.1) is 0 Å². The second-order valence-corrected chi connectivity index (χ2v) is 7.15. The van der Waals surface area contributed by atoms with Gasteiger partial charge in [-0.1, -0.05) is 33.1 Å². The first kappa shape index (κ1) is 17.7. The number of nitro groups is 1. The molecule has 0 atom stereocenters. The van der Waals surface area contributed by atoms with Crippen LogP contribution in [0.1, 0.15) is 65.2 Å². The molecule has 0 unspecified atom stereocenters. The van der Waals surface area contributed by atoms with Crippen molar-refractivity contribution < 1.29 is 9.72 Å². The molecule has 1 N–H and O–H groups in total. The summed E-state index contributed by atoms with van der Waals surface area (Å²) in [6, 6.07) is 0. The molecule has 5 nitrogen and oxygen atoms in total. The van der Waals surface area contributed by atoms with Gasteiger partial charge in [0.25, 0.3) is 5.70 Å². The van der Waals surface area contributed by atoms with Crippen LogP contribution in [-0.2, 0) is 4.79 Å². The Balaban J connectivity index is 2.08. The van der Waals surface area contributed by atoms with Gasteiger partial charge in [0.1, 0.15) is 0 Å². The highest BCUT2D eigenvalue weighted by Crippen LogP contribution is 2.41. The van der Waals surface area contributed by atoms with Gasteiger partial charge in [0.15, 0.2) is 0 Å². The van der Waals surface area contributed by atoms with E-state index < -0.39 is 4.92 Å². The van der Waals surface area contributed by atoms with Crippen molar-refractivity contribution in [3.8, 4) is 0 Å². The van der Waals surface area contributed by atoms with Gasteiger partial charge in [-0.05, 0) is 44.1 Å². The summed E-state index contributed by atoms with van der Waals surface area (Å²) in [5, 5.41) is 13.9. The maximum atomic E-state index is 12.9. The fourth-order valence-corrected chi connectivity index (χ4v) is 3.45. The van der Waals surface area contributed by atoms with Crippen LogP contribution in [0, 0.1) is 27.9 Å². The van der Waals surface area contributed by atoms with E-state index in [9.17, 15) is 14.9 Å². The Morgan fingerprint density at radius 3 is 2.65 bits per heavy atom. The molecule has 1 saturated carbocycles. The van der Waals surface area contributed by atoms with Crippen LogP contribution in [-0.4, -0.2) is 10.8 Å². The van der Waals surface area contributed by atoms with Crippen molar-refractivity contribution in [2.24, 2.45) is 11.3 Å². The molecule has 127 valence electrons. The molecule has 1 radical (unpaired) electrons. The number of carbonyl (C=O) groups is 1. The lowest BCUT2D eigenvalue weighted by atomic mass is 9.69. The Morgan fingerprint density at radius 2 is 2.04 bits per heavy atom. The van der Waals surface area contributed by atoms with Crippen LogP contribution < -0.4 is 5.32 Å². The molecular formula is C18H27N2O3. The monoisotopic (exact) mass is 319 g/mol. The number of hydrogen-bond donors (Lipinski definition) is 1. The average molecular weight is 319 g/mol. The zero-order chi connectivity index (χ0) is 16.9. The SMILES string of the molecule is CC(C)CCC1(C(=O)NC2=CC([N+](=O)[O-])=CC[CH]2)CCCCC1. The van der Waals surface area contributed by atoms with Crippen molar-refractivity contribution in [1.29, 1.82) is 0 Å². The van der Waals surface area contributed by atoms with Crippen LogP contribution in [0.3, 0.4) is 0 Å². The minimum Gasteiger partial charge on any atom is -0.329 e. The number of amides is 1. The third-order valence-electron chi connectivity index (χ3n) is 4.93. The summed E-state index contributed by atoms with van der Waals surface area (Å²) in [6.07, 6.45) is 12.5. The summed E-state index contributed by atoms with van der Waals surface area (Å²) in [7, 11) is 0. The van der Waals surface area contributed by atoms with Gasteiger partial charge < -0.3 is 5.32 Å². The Labute approximate surface area is 138 Å². The number of allylic oxidation sites excluding steroid dienone is 3. The van der Waals surface area contributed by atoms with E-state index in [1.165, 1.54) is 12.5 Å². The highest BCUT2D eigenvalue weighted by Gasteiger charge is 2.39. The highest BCUT2D eigenvalue weighted by atomic mass is 16.6. The Morgan fingerprint density at radius 1 is 1.35 bits per heavy atom. The number of nitrogens with zero attached hydrogens (tertiary/aromatic N) is 1. The predicted molar refractivity (Wildman–Crippen MR) is 89.8 cm³/mol. The van der Waals surface area contributed by atoms with Crippen molar-refractivity contribution in [1.82, 2.24) is 5.32 Å². The van der Waals surface area contributed by atoms with Crippen LogP contribution in [0.25, 0.3) is 0 Å². The van der Waals surface area contributed by atoms with Gasteiger partial charge in [-0.3, -0.25) is 14.9 Å². The molecule has 1 amide bonds. The third-order valence-corrected chi connectivity index (χ3v) is 4.93. The Kier molecular flexibility index (Phi) is 5.97. The molecule has 0 heterocycles. The quantitative estimate of drug-likeness (QED) is 0.590. The molecule has 23 heavy (non-hydrogen) atoms. The number of hydrogen-bond acceptors (Lipinski definition) is 3. The standard InChI is InChI=1S/C18H27N2O3/c1-14(2)9-12-18(10-4-3-5-11-18)17(21)19-15-7-6-8-16(13-15)20(22)23/h7-8,13-14H,3-6,9-12H2,1-2H3,(H,19,21). The maximum Gasteiger partial charge on any atom is 0.267 e. The molecule has 0 aromatic rings. The van der Waals surface area contributed by atoms with E-state index in [-0.39, 0.29) is 17.0 Å². The van der Waals surface area contributed by atoms with Gasteiger partial charge >= 0.3 is 0 Å². The topological polar surface area (TPSA) is 72.2 Å². The van der Waals surface area contributed by atoms with E-state index >= 15 is 0 Å². The molecule has 2 aliphatic rings. The fourth-order valence-electron chi connectivity index (χ4n) is 3.45. The second-order valence-electron chi connectivity index (χ2n) is 7.15. The molecule has 0 bridgehead atoms. The van der Waals surface area contributed by atoms with E-state index in [1.54, 1.807) is 6.08 Å². The van der Waals surface area contributed by atoms with Crippen LogP contribution >= 0.6 is 0 Å². The van der Waals surface area contributed by atoms with Gasteiger partial charge in [-0.25, -0.2) is 0 Å². The molecule has 0 aromatic carbocycles. The Hall–Kier alpha value is -1.65. The van der Waals surface area contributed by atoms with Gasteiger partial charge in [0.05, 0.1) is 4.92 Å².